The minimum Gasteiger partial charge on any atom is -0.391 e. The van der Waals surface area contributed by atoms with Gasteiger partial charge < -0.3 is 4.84 Å². The SMILES string of the molecule is BrC1=NO[C@@H](CCc2ccccc2)C1. The summed E-state index contributed by atoms with van der Waals surface area (Å²) in [6.45, 7) is 0. The fraction of sp³-hybridized carbons (Fsp3) is 0.364. The highest BCUT2D eigenvalue weighted by Crippen LogP contribution is 2.18. The van der Waals surface area contributed by atoms with Gasteiger partial charge in [0.05, 0.1) is 0 Å². The molecular weight excluding hydrogens is 242 g/mol. The van der Waals surface area contributed by atoms with E-state index in [4.69, 9.17) is 4.84 Å². The van der Waals surface area contributed by atoms with Crippen LogP contribution in [0.4, 0.5) is 0 Å². The van der Waals surface area contributed by atoms with E-state index in [9.17, 15) is 0 Å². The molecule has 1 aromatic carbocycles. The molecule has 0 amide bonds. The van der Waals surface area contributed by atoms with Crippen molar-refractivity contribution in [2.24, 2.45) is 5.16 Å². The number of hydrogen-bond acceptors (Lipinski definition) is 2. The summed E-state index contributed by atoms with van der Waals surface area (Å²) in [7, 11) is 0. The third-order valence-corrected chi connectivity index (χ3v) is 2.76. The van der Waals surface area contributed by atoms with Crippen LogP contribution in [-0.2, 0) is 11.3 Å². The Labute approximate surface area is 92.1 Å². The van der Waals surface area contributed by atoms with Gasteiger partial charge in [0.25, 0.3) is 0 Å². The third-order valence-electron chi connectivity index (χ3n) is 2.29. The molecule has 0 aromatic heterocycles. The molecule has 0 unspecified atom stereocenters. The minimum atomic E-state index is 0.254. The lowest BCUT2D eigenvalue weighted by atomic mass is 10.1. The molecule has 1 aromatic rings. The summed E-state index contributed by atoms with van der Waals surface area (Å²) in [6.07, 6.45) is 3.25. The van der Waals surface area contributed by atoms with E-state index in [1.54, 1.807) is 0 Å². The van der Waals surface area contributed by atoms with Gasteiger partial charge in [-0.3, -0.25) is 0 Å². The smallest absolute Gasteiger partial charge is 0.134 e. The molecule has 3 heteroatoms. The van der Waals surface area contributed by atoms with Crippen molar-refractivity contribution in [1.29, 1.82) is 0 Å². The highest BCUT2D eigenvalue weighted by atomic mass is 79.9. The number of nitrogens with zero attached hydrogens (tertiary/aromatic N) is 1. The van der Waals surface area contributed by atoms with Gasteiger partial charge in [0.1, 0.15) is 10.7 Å². The number of benzene rings is 1. The molecule has 1 atom stereocenters. The van der Waals surface area contributed by atoms with Crippen molar-refractivity contribution in [3.63, 3.8) is 0 Å². The van der Waals surface area contributed by atoms with E-state index in [-0.39, 0.29) is 6.10 Å². The average molecular weight is 254 g/mol. The second-order valence-electron chi connectivity index (χ2n) is 3.42. The molecule has 0 aliphatic carbocycles. The van der Waals surface area contributed by atoms with Crippen molar-refractivity contribution in [1.82, 2.24) is 0 Å². The first-order valence-electron chi connectivity index (χ1n) is 4.77. The molecule has 0 N–H and O–H groups in total. The van der Waals surface area contributed by atoms with E-state index in [2.05, 4.69) is 45.4 Å². The number of halogens is 1. The maximum absolute atomic E-state index is 5.23. The fourth-order valence-corrected chi connectivity index (χ4v) is 1.97. The normalized spacial score (nSPS) is 20.4. The van der Waals surface area contributed by atoms with Gasteiger partial charge in [-0.05, 0) is 34.3 Å². The zero-order valence-electron chi connectivity index (χ0n) is 7.82. The van der Waals surface area contributed by atoms with Crippen molar-refractivity contribution in [3.05, 3.63) is 35.9 Å². The monoisotopic (exact) mass is 253 g/mol. The summed E-state index contributed by atoms with van der Waals surface area (Å²) in [5.74, 6) is 0. The Morgan fingerprint density at radius 3 is 2.79 bits per heavy atom. The summed E-state index contributed by atoms with van der Waals surface area (Å²) in [4.78, 5) is 5.23. The molecular formula is C11H12BrNO. The van der Waals surface area contributed by atoms with E-state index in [1.807, 2.05) is 6.07 Å². The van der Waals surface area contributed by atoms with Crippen molar-refractivity contribution >= 4 is 20.6 Å². The van der Waals surface area contributed by atoms with Gasteiger partial charge in [-0.15, -0.1) is 0 Å². The standard InChI is InChI=1S/C11H12BrNO/c12-11-8-10(14-13-11)7-6-9-4-2-1-3-5-9/h1-5,10H,6-8H2/t10-/m0/s1. The van der Waals surface area contributed by atoms with Crippen molar-refractivity contribution in [3.8, 4) is 0 Å². The predicted molar refractivity (Wildman–Crippen MR) is 60.6 cm³/mol. The first-order chi connectivity index (χ1) is 6.84. The lowest BCUT2D eigenvalue weighted by Crippen LogP contribution is -2.07. The molecule has 0 spiro atoms. The minimum absolute atomic E-state index is 0.254. The highest BCUT2D eigenvalue weighted by molar-refractivity contribution is 9.18. The molecule has 0 bridgehead atoms. The van der Waals surface area contributed by atoms with Gasteiger partial charge in [-0.2, -0.15) is 0 Å². The largest absolute Gasteiger partial charge is 0.391 e. The Bertz CT molecular complexity index is 323. The first-order valence-corrected chi connectivity index (χ1v) is 5.56. The molecule has 0 fully saturated rings. The van der Waals surface area contributed by atoms with Crippen LogP contribution in [0.25, 0.3) is 0 Å². The molecule has 74 valence electrons. The lowest BCUT2D eigenvalue weighted by Gasteiger charge is -2.06. The molecule has 1 heterocycles. The number of aryl methyl sites for hydroxylation is 1. The summed E-state index contributed by atoms with van der Waals surface area (Å²) in [5.41, 5.74) is 1.36. The second kappa shape index (κ2) is 4.60. The number of hydrogen-bond donors (Lipinski definition) is 0. The molecule has 2 nitrogen and oxygen atoms in total. The molecule has 0 saturated heterocycles. The summed E-state index contributed by atoms with van der Waals surface area (Å²) < 4.78 is 0.926. The Morgan fingerprint density at radius 2 is 2.14 bits per heavy atom. The van der Waals surface area contributed by atoms with Crippen LogP contribution in [0.5, 0.6) is 0 Å². The Morgan fingerprint density at radius 1 is 1.36 bits per heavy atom. The maximum Gasteiger partial charge on any atom is 0.134 e. The number of rotatable bonds is 3. The highest BCUT2D eigenvalue weighted by Gasteiger charge is 2.18. The van der Waals surface area contributed by atoms with E-state index in [0.29, 0.717) is 0 Å². The van der Waals surface area contributed by atoms with Gasteiger partial charge in [0.2, 0.25) is 0 Å². The van der Waals surface area contributed by atoms with Gasteiger partial charge in [-0.25, -0.2) is 0 Å². The quantitative estimate of drug-likeness (QED) is 0.812. The Hall–Kier alpha value is -0.830. The van der Waals surface area contributed by atoms with Crippen LogP contribution in [0.2, 0.25) is 0 Å². The molecule has 1 aliphatic heterocycles. The maximum atomic E-state index is 5.23. The van der Waals surface area contributed by atoms with Crippen LogP contribution in [0.1, 0.15) is 18.4 Å². The molecule has 0 saturated carbocycles. The van der Waals surface area contributed by atoms with Crippen LogP contribution in [0.3, 0.4) is 0 Å². The van der Waals surface area contributed by atoms with E-state index < -0.39 is 0 Å². The predicted octanol–water partition coefficient (Wildman–Crippen LogP) is 3.12. The van der Waals surface area contributed by atoms with Crippen LogP contribution in [0.15, 0.2) is 35.5 Å². The third kappa shape index (κ3) is 2.58. The Kier molecular flexibility index (Phi) is 3.19. The van der Waals surface area contributed by atoms with E-state index in [0.717, 1.165) is 23.9 Å². The molecule has 14 heavy (non-hydrogen) atoms. The van der Waals surface area contributed by atoms with Gasteiger partial charge in [-0.1, -0.05) is 35.5 Å². The summed E-state index contributed by atoms with van der Waals surface area (Å²) in [6, 6.07) is 10.5. The van der Waals surface area contributed by atoms with Gasteiger partial charge in [0, 0.05) is 6.42 Å². The van der Waals surface area contributed by atoms with Gasteiger partial charge >= 0.3 is 0 Å². The van der Waals surface area contributed by atoms with Crippen LogP contribution in [0, 0.1) is 0 Å². The number of oxime groups is 1. The van der Waals surface area contributed by atoms with Crippen LogP contribution in [-0.4, -0.2) is 10.7 Å². The van der Waals surface area contributed by atoms with Crippen molar-refractivity contribution in [2.75, 3.05) is 0 Å². The lowest BCUT2D eigenvalue weighted by molar-refractivity contribution is 0.0794. The molecule has 1 aliphatic rings. The van der Waals surface area contributed by atoms with E-state index >= 15 is 0 Å². The first kappa shape index (κ1) is 9.71. The van der Waals surface area contributed by atoms with Crippen molar-refractivity contribution in [2.45, 2.75) is 25.4 Å². The second-order valence-corrected chi connectivity index (χ2v) is 4.34. The van der Waals surface area contributed by atoms with E-state index in [1.165, 1.54) is 5.56 Å². The molecule has 2 rings (SSSR count). The van der Waals surface area contributed by atoms with Crippen LogP contribution >= 0.6 is 15.9 Å². The topological polar surface area (TPSA) is 21.6 Å². The average Bonchev–Trinajstić information content (AvgIpc) is 2.63. The zero-order chi connectivity index (χ0) is 9.80. The van der Waals surface area contributed by atoms with Gasteiger partial charge in [0.15, 0.2) is 0 Å². The fourth-order valence-electron chi connectivity index (χ4n) is 1.52. The van der Waals surface area contributed by atoms with Crippen LogP contribution < -0.4 is 0 Å². The Balaban J connectivity index is 1.79. The zero-order valence-corrected chi connectivity index (χ0v) is 9.40. The summed E-state index contributed by atoms with van der Waals surface area (Å²) in [5, 5.41) is 3.86. The van der Waals surface area contributed by atoms with Crippen molar-refractivity contribution < 1.29 is 4.84 Å². The molecule has 0 radical (unpaired) electrons. The summed E-state index contributed by atoms with van der Waals surface area (Å²) >= 11 is 3.33.